The SMILES string of the molecule is N#CC1(c2c(Br)ccc(O)c2F)CC1. The summed E-state index contributed by atoms with van der Waals surface area (Å²) in [4.78, 5) is 0. The highest BCUT2D eigenvalue weighted by atomic mass is 79.9. The number of rotatable bonds is 1. The van der Waals surface area contributed by atoms with Crippen LogP contribution in [-0.2, 0) is 5.41 Å². The van der Waals surface area contributed by atoms with Crippen LogP contribution in [0.15, 0.2) is 16.6 Å². The summed E-state index contributed by atoms with van der Waals surface area (Å²) in [7, 11) is 0. The maximum atomic E-state index is 13.6. The molecular weight excluding hydrogens is 249 g/mol. The Morgan fingerprint density at radius 1 is 1.50 bits per heavy atom. The van der Waals surface area contributed by atoms with Crippen LogP contribution >= 0.6 is 15.9 Å². The second-order valence-corrected chi connectivity index (χ2v) is 4.30. The maximum Gasteiger partial charge on any atom is 0.170 e. The summed E-state index contributed by atoms with van der Waals surface area (Å²) in [6.45, 7) is 0. The molecule has 0 unspecified atom stereocenters. The molecule has 72 valence electrons. The van der Waals surface area contributed by atoms with Gasteiger partial charge in [0.05, 0.1) is 11.5 Å². The molecule has 0 aromatic heterocycles. The average Bonchev–Trinajstić information content (AvgIpc) is 2.93. The van der Waals surface area contributed by atoms with Crippen LogP contribution in [-0.4, -0.2) is 5.11 Å². The zero-order valence-electron chi connectivity index (χ0n) is 7.22. The van der Waals surface area contributed by atoms with Crippen LogP contribution in [0.5, 0.6) is 5.75 Å². The lowest BCUT2D eigenvalue weighted by Crippen LogP contribution is -2.07. The summed E-state index contributed by atoms with van der Waals surface area (Å²) in [5.74, 6) is -1.08. The van der Waals surface area contributed by atoms with Gasteiger partial charge >= 0.3 is 0 Å². The van der Waals surface area contributed by atoms with E-state index >= 15 is 0 Å². The molecule has 2 nitrogen and oxygen atoms in total. The molecule has 14 heavy (non-hydrogen) atoms. The first-order chi connectivity index (χ1) is 6.60. The van der Waals surface area contributed by atoms with E-state index in [2.05, 4.69) is 22.0 Å². The molecule has 1 N–H and O–H groups in total. The third kappa shape index (κ3) is 1.20. The fraction of sp³-hybridized carbons (Fsp3) is 0.300. The number of nitrogens with zero attached hydrogens (tertiary/aromatic N) is 1. The number of hydrogen-bond acceptors (Lipinski definition) is 2. The Morgan fingerprint density at radius 3 is 2.64 bits per heavy atom. The third-order valence-corrected chi connectivity index (χ3v) is 3.17. The van der Waals surface area contributed by atoms with Crippen LogP contribution in [0.3, 0.4) is 0 Å². The van der Waals surface area contributed by atoms with Gasteiger partial charge in [0.15, 0.2) is 11.6 Å². The molecule has 0 aliphatic heterocycles. The van der Waals surface area contributed by atoms with Crippen LogP contribution in [0.1, 0.15) is 18.4 Å². The van der Waals surface area contributed by atoms with E-state index in [9.17, 15) is 9.50 Å². The molecule has 1 fully saturated rings. The molecule has 1 aromatic rings. The highest BCUT2D eigenvalue weighted by Gasteiger charge is 2.48. The summed E-state index contributed by atoms with van der Waals surface area (Å²) in [6, 6.07) is 4.93. The quantitative estimate of drug-likeness (QED) is 0.839. The van der Waals surface area contributed by atoms with Crippen molar-refractivity contribution in [3.05, 3.63) is 28.0 Å². The Morgan fingerprint density at radius 2 is 2.14 bits per heavy atom. The lowest BCUT2D eigenvalue weighted by molar-refractivity contribution is 0.426. The molecule has 0 amide bonds. The maximum absolute atomic E-state index is 13.6. The Hall–Kier alpha value is -1.08. The number of phenolic OH excluding ortho intramolecular Hbond substituents is 1. The zero-order chi connectivity index (χ0) is 10.3. The van der Waals surface area contributed by atoms with Crippen LogP contribution in [0, 0.1) is 17.1 Å². The highest BCUT2D eigenvalue weighted by Crippen LogP contribution is 2.51. The van der Waals surface area contributed by atoms with E-state index in [1.807, 2.05) is 0 Å². The van der Waals surface area contributed by atoms with Crippen LogP contribution in [0.2, 0.25) is 0 Å². The lowest BCUT2D eigenvalue weighted by Gasteiger charge is -2.10. The normalized spacial score (nSPS) is 17.5. The van der Waals surface area contributed by atoms with Gasteiger partial charge in [-0.1, -0.05) is 15.9 Å². The first-order valence-electron chi connectivity index (χ1n) is 4.19. The van der Waals surface area contributed by atoms with Crippen molar-refractivity contribution in [1.82, 2.24) is 0 Å². The first kappa shape index (κ1) is 9.47. The summed E-state index contributed by atoms with van der Waals surface area (Å²) in [5.41, 5.74) is -0.429. The van der Waals surface area contributed by atoms with E-state index in [1.54, 1.807) is 6.07 Å². The summed E-state index contributed by atoms with van der Waals surface area (Å²) >= 11 is 3.20. The van der Waals surface area contributed by atoms with Gasteiger partial charge in [-0.2, -0.15) is 5.26 Å². The fourth-order valence-corrected chi connectivity index (χ4v) is 2.21. The van der Waals surface area contributed by atoms with Gasteiger partial charge in [0.2, 0.25) is 0 Å². The minimum absolute atomic E-state index is 0.292. The predicted octanol–water partition coefficient (Wildman–Crippen LogP) is 2.85. The zero-order valence-corrected chi connectivity index (χ0v) is 8.81. The van der Waals surface area contributed by atoms with Gasteiger partial charge < -0.3 is 5.11 Å². The lowest BCUT2D eigenvalue weighted by atomic mass is 9.97. The molecule has 0 radical (unpaired) electrons. The minimum atomic E-state index is -0.721. The van der Waals surface area contributed by atoms with E-state index in [-0.39, 0.29) is 0 Å². The number of nitriles is 1. The van der Waals surface area contributed by atoms with E-state index in [0.29, 0.717) is 22.9 Å². The van der Waals surface area contributed by atoms with Gasteiger partial charge in [0.25, 0.3) is 0 Å². The molecule has 0 heterocycles. The molecule has 0 bridgehead atoms. The number of benzene rings is 1. The number of halogens is 2. The number of phenols is 1. The van der Waals surface area contributed by atoms with Crippen molar-refractivity contribution in [3.63, 3.8) is 0 Å². The molecule has 0 saturated heterocycles. The molecule has 1 aromatic carbocycles. The van der Waals surface area contributed by atoms with Crippen molar-refractivity contribution < 1.29 is 9.50 Å². The first-order valence-corrected chi connectivity index (χ1v) is 4.99. The van der Waals surface area contributed by atoms with Gasteiger partial charge in [-0.25, -0.2) is 4.39 Å². The largest absolute Gasteiger partial charge is 0.505 e. The van der Waals surface area contributed by atoms with Gasteiger partial charge in [-0.15, -0.1) is 0 Å². The van der Waals surface area contributed by atoms with E-state index in [4.69, 9.17) is 5.26 Å². The molecule has 4 heteroatoms. The van der Waals surface area contributed by atoms with Gasteiger partial charge in [0.1, 0.15) is 0 Å². The summed E-state index contributed by atoms with van der Waals surface area (Å²) in [5, 5.41) is 18.1. The topological polar surface area (TPSA) is 44.0 Å². The Kier molecular flexibility index (Phi) is 2.00. The van der Waals surface area contributed by atoms with Crippen molar-refractivity contribution in [2.45, 2.75) is 18.3 Å². The molecular formula is C10H7BrFNO. The van der Waals surface area contributed by atoms with Crippen LogP contribution < -0.4 is 0 Å². The Bertz CT molecular complexity index is 434. The third-order valence-electron chi connectivity index (χ3n) is 2.51. The van der Waals surface area contributed by atoms with Gasteiger partial charge in [-0.3, -0.25) is 0 Å². The van der Waals surface area contributed by atoms with Crippen LogP contribution in [0.25, 0.3) is 0 Å². The minimum Gasteiger partial charge on any atom is -0.505 e. The van der Waals surface area contributed by atoms with Crippen molar-refractivity contribution >= 4 is 15.9 Å². The monoisotopic (exact) mass is 255 g/mol. The molecule has 1 saturated carbocycles. The van der Waals surface area contributed by atoms with E-state index < -0.39 is 17.0 Å². The molecule has 1 aliphatic carbocycles. The second-order valence-electron chi connectivity index (χ2n) is 3.45. The number of aromatic hydroxyl groups is 1. The summed E-state index contributed by atoms with van der Waals surface area (Å²) < 4.78 is 14.1. The van der Waals surface area contributed by atoms with Gasteiger partial charge in [0, 0.05) is 10.0 Å². The van der Waals surface area contributed by atoms with Gasteiger partial charge in [-0.05, 0) is 25.0 Å². The highest BCUT2D eigenvalue weighted by molar-refractivity contribution is 9.10. The van der Waals surface area contributed by atoms with E-state index in [1.165, 1.54) is 6.07 Å². The van der Waals surface area contributed by atoms with Crippen molar-refractivity contribution in [2.75, 3.05) is 0 Å². The molecule has 0 spiro atoms. The standard InChI is InChI=1S/C10H7BrFNO/c11-6-1-2-7(14)9(12)8(6)10(5-13)3-4-10/h1-2,14H,3-4H2. The van der Waals surface area contributed by atoms with Crippen molar-refractivity contribution in [2.24, 2.45) is 0 Å². The summed E-state index contributed by atoms with van der Waals surface area (Å²) in [6.07, 6.45) is 1.31. The molecule has 0 atom stereocenters. The Balaban J connectivity index is 2.64. The predicted molar refractivity (Wildman–Crippen MR) is 52.3 cm³/mol. The van der Waals surface area contributed by atoms with Crippen molar-refractivity contribution in [1.29, 1.82) is 5.26 Å². The number of hydrogen-bond donors (Lipinski definition) is 1. The molecule has 2 rings (SSSR count). The van der Waals surface area contributed by atoms with E-state index in [0.717, 1.165) is 0 Å². The fourth-order valence-electron chi connectivity index (χ4n) is 1.52. The molecule has 1 aliphatic rings. The average molecular weight is 256 g/mol. The van der Waals surface area contributed by atoms with Crippen LogP contribution in [0.4, 0.5) is 4.39 Å². The Labute approximate surface area is 89.1 Å². The smallest absolute Gasteiger partial charge is 0.170 e. The second kappa shape index (κ2) is 2.96. The van der Waals surface area contributed by atoms with Crippen molar-refractivity contribution in [3.8, 4) is 11.8 Å².